The molecule has 1 aromatic carbocycles. The SMILES string of the molecule is Cc1c(C(F)(F)F)[nH]c(=O)c(C(=O)O)c1Sc1c(Cl)cccc1Cl. The van der Waals surface area contributed by atoms with Crippen LogP contribution in [0.25, 0.3) is 0 Å². The molecular weight excluding hydrogens is 390 g/mol. The summed E-state index contributed by atoms with van der Waals surface area (Å²) in [4.78, 5) is 24.6. The molecule has 24 heavy (non-hydrogen) atoms. The molecule has 0 amide bonds. The quantitative estimate of drug-likeness (QED) is 0.775. The summed E-state index contributed by atoms with van der Waals surface area (Å²) in [6, 6.07) is 4.42. The van der Waals surface area contributed by atoms with Gasteiger partial charge in [0.2, 0.25) is 0 Å². The van der Waals surface area contributed by atoms with Gasteiger partial charge in [0.15, 0.2) is 0 Å². The molecule has 128 valence electrons. The van der Waals surface area contributed by atoms with E-state index >= 15 is 0 Å². The molecule has 2 aromatic rings. The van der Waals surface area contributed by atoms with Crippen molar-refractivity contribution >= 4 is 40.9 Å². The molecule has 0 atom stereocenters. The van der Waals surface area contributed by atoms with Crippen LogP contribution in [0.2, 0.25) is 10.0 Å². The van der Waals surface area contributed by atoms with Gasteiger partial charge in [0.1, 0.15) is 11.3 Å². The van der Waals surface area contributed by atoms with Crippen LogP contribution in [0.4, 0.5) is 13.2 Å². The van der Waals surface area contributed by atoms with E-state index in [4.69, 9.17) is 23.2 Å². The fraction of sp³-hybridized carbons (Fsp3) is 0.143. The van der Waals surface area contributed by atoms with Crippen molar-refractivity contribution in [3.05, 3.63) is 55.4 Å². The number of pyridine rings is 1. The Hall–Kier alpha value is -1.64. The van der Waals surface area contributed by atoms with Gasteiger partial charge in [-0.1, -0.05) is 41.0 Å². The monoisotopic (exact) mass is 397 g/mol. The van der Waals surface area contributed by atoms with Crippen molar-refractivity contribution in [2.24, 2.45) is 0 Å². The van der Waals surface area contributed by atoms with Crippen molar-refractivity contribution in [2.45, 2.75) is 22.9 Å². The molecule has 0 spiro atoms. The second-order valence-electron chi connectivity index (χ2n) is 4.61. The molecule has 10 heteroatoms. The molecule has 1 aromatic heterocycles. The van der Waals surface area contributed by atoms with Crippen molar-refractivity contribution in [3.8, 4) is 0 Å². The van der Waals surface area contributed by atoms with Gasteiger partial charge in [0.05, 0.1) is 10.0 Å². The molecule has 0 saturated carbocycles. The van der Waals surface area contributed by atoms with Crippen molar-refractivity contribution in [1.29, 1.82) is 0 Å². The molecule has 0 aliphatic carbocycles. The van der Waals surface area contributed by atoms with Crippen LogP contribution in [0.15, 0.2) is 32.8 Å². The van der Waals surface area contributed by atoms with Gasteiger partial charge in [0.25, 0.3) is 5.56 Å². The van der Waals surface area contributed by atoms with E-state index in [0.717, 1.165) is 6.92 Å². The minimum atomic E-state index is -4.85. The third-order valence-electron chi connectivity index (χ3n) is 3.03. The number of halogens is 5. The summed E-state index contributed by atoms with van der Waals surface area (Å²) in [7, 11) is 0. The van der Waals surface area contributed by atoms with Gasteiger partial charge in [-0.05, 0) is 24.6 Å². The van der Waals surface area contributed by atoms with Gasteiger partial charge in [-0.2, -0.15) is 13.2 Å². The Morgan fingerprint density at radius 3 is 2.21 bits per heavy atom. The van der Waals surface area contributed by atoms with Crippen LogP contribution in [0.3, 0.4) is 0 Å². The molecule has 0 radical (unpaired) electrons. The van der Waals surface area contributed by atoms with Gasteiger partial charge < -0.3 is 10.1 Å². The number of hydrogen-bond donors (Lipinski definition) is 2. The number of nitrogens with one attached hydrogen (secondary N) is 1. The van der Waals surface area contributed by atoms with Gasteiger partial charge >= 0.3 is 12.1 Å². The summed E-state index contributed by atoms with van der Waals surface area (Å²) in [5, 5.41) is 9.45. The fourth-order valence-electron chi connectivity index (χ4n) is 1.96. The third-order valence-corrected chi connectivity index (χ3v) is 5.24. The molecule has 1 heterocycles. The van der Waals surface area contributed by atoms with Crippen molar-refractivity contribution in [2.75, 3.05) is 0 Å². The van der Waals surface area contributed by atoms with E-state index in [9.17, 15) is 27.9 Å². The number of benzene rings is 1. The van der Waals surface area contributed by atoms with Gasteiger partial charge in [-0.25, -0.2) is 4.79 Å². The number of hydrogen-bond acceptors (Lipinski definition) is 3. The molecule has 0 saturated heterocycles. The molecule has 0 aliphatic heterocycles. The minimum absolute atomic E-state index is 0.122. The second-order valence-corrected chi connectivity index (χ2v) is 6.45. The van der Waals surface area contributed by atoms with Crippen LogP contribution in [-0.2, 0) is 6.18 Å². The van der Waals surface area contributed by atoms with E-state index in [-0.39, 0.29) is 19.8 Å². The first-order chi connectivity index (χ1) is 11.0. The predicted octanol–water partition coefficient (Wildman–Crippen LogP) is 4.86. The van der Waals surface area contributed by atoms with Gasteiger partial charge in [-0.15, -0.1) is 0 Å². The summed E-state index contributed by atoms with van der Waals surface area (Å²) in [6.45, 7) is 1.07. The summed E-state index contributed by atoms with van der Waals surface area (Å²) < 4.78 is 39.2. The van der Waals surface area contributed by atoms with Crippen molar-refractivity contribution in [3.63, 3.8) is 0 Å². The van der Waals surface area contributed by atoms with E-state index in [1.807, 2.05) is 0 Å². The van der Waals surface area contributed by atoms with Crippen LogP contribution in [0, 0.1) is 6.92 Å². The fourth-order valence-corrected chi connectivity index (χ4v) is 3.66. The maximum atomic E-state index is 13.1. The van der Waals surface area contributed by atoms with Crippen LogP contribution in [0.1, 0.15) is 21.6 Å². The molecule has 0 aliphatic rings. The molecule has 2 rings (SSSR count). The predicted molar refractivity (Wildman–Crippen MR) is 84.3 cm³/mol. The maximum Gasteiger partial charge on any atom is 0.431 e. The Morgan fingerprint density at radius 2 is 1.75 bits per heavy atom. The maximum absolute atomic E-state index is 13.1. The zero-order chi connectivity index (χ0) is 18.2. The zero-order valence-electron chi connectivity index (χ0n) is 11.8. The Kier molecular flexibility index (Phi) is 5.22. The summed E-state index contributed by atoms with van der Waals surface area (Å²) in [5.41, 5.74) is -3.91. The van der Waals surface area contributed by atoms with Crippen LogP contribution in [0.5, 0.6) is 0 Å². The summed E-state index contributed by atoms with van der Waals surface area (Å²) in [5.74, 6) is -1.65. The van der Waals surface area contributed by atoms with Crippen LogP contribution in [-0.4, -0.2) is 16.1 Å². The lowest BCUT2D eigenvalue weighted by Gasteiger charge is -2.16. The molecule has 0 fully saturated rings. The lowest BCUT2D eigenvalue weighted by Crippen LogP contribution is -2.25. The average Bonchev–Trinajstić information content (AvgIpc) is 2.44. The lowest BCUT2D eigenvalue weighted by atomic mass is 10.1. The Labute approximate surface area is 147 Å². The number of carboxylic acid groups (broad SMARTS) is 1. The van der Waals surface area contributed by atoms with Crippen LogP contribution < -0.4 is 5.56 Å². The number of carbonyl (C=O) groups is 1. The first-order valence-electron chi connectivity index (χ1n) is 6.23. The molecule has 0 unspecified atom stereocenters. The van der Waals surface area contributed by atoms with E-state index in [0.29, 0.717) is 11.8 Å². The van der Waals surface area contributed by atoms with Gasteiger partial charge in [0, 0.05) is 9.79 Å². The second kappa shape index (κ2) is 6.70. The van der Waals surface area contributed by atoms with Crippen LogP contribution >= 0.6 is 35.0 Å². The molecule has 2 N–H and O–H groups in total. The van der Waals surface area contributed by atoms with Crippen molar-refractivity contribution in [1.82, 2.24) is 4.98 Å². The highest BCUT2D eigenvalue weighted by Crippen LogP contribution is 2.42. The highest BCUT2D eigenvalue weighted by molar-refractivity contribution is 7.99. The Bertz CT molecular complexity index is 861. The van der Waals surface area contributed by atoms with E-state index < -0.39 is 34.5 Å². The summed E-state index contributed by atoms with van der Waals surface area (Å²) in [6.07, 6.45) is -4.85. The lowest BCUT2D eigenvalue weighted by molar-refractivity contribution is -0.142. The van der Waals surface area contributed by atoms with E-state index in [2.05, 4.69) is 0 Å². The molecule has 0 bridgehead atoms. The first kappa shape index (κ1) is 18.7. The molecule has 4 nitrogen and oxygen atoms in total. The molecular formula is C14H8Cl2F3NO3S. The normalized spacial score (nSPS) is 11.6. The summed E-state index contributed by atoms with van der Waals surface area (Å²) >= 11 is 12.5. The zero-order valence-corrected chi connectivity index (χ0v) is 14.1. The Morgan fingerprint density at radius 1 is 1.21 bits per heavy atom. The number of H-pyrrole nitrogens is 1. The van der Waals surface area contributed by atoms with E-state index in [1.165, 1.54) is 18.2 Å². The number of carboxylic acids is 1. The number of alkyl halides is 3. The minimum Gasteiger partial charge on any atom is -0.477 e. The smallest absolute Gasteiger partial charge is 0.431 e. The highest BCUT2D eigenvalue weighted by Gasteiger charge is 2.37. The first-order valence-corrected chi connectivity index (χ1v) is 7.80. The van der Waals surface area contributed by atoms with E-state index in [1.54, 1.807) is 4.98 Å². The number of rotatable bonds is 3. The largest absolute Gasteiger partial charge is 0.477 e. The van der Waals surface area contributed by atoms with Crippen molar-refractivity contribution < 1.29 is 23.1 Å². The topological polar surface area (TPSA) is 70.2 Å². The average molecular weight is 398 g/mol. The standard InChI is InChI=1S/C14H8Cl2F3NO3S/c1-5-9(24-10-6(15)3-2-4-7(10)16)8(13(22)23)12(21)20-11(5)14(17,18)19/h2-4H,1H3,(H,20,21)(H,22,23). The third kappa shape index (κ3) is 3.55. The highest BCUT2D eigenvalue weighted by atomic mass is 35.5. The Balaban J connectivity index is 2.78. The number of aromatic nitrogens is 1. The van der Waals surface area contributed by atoms with Gasteiger partial charge in [-0.3, -0.25) is 4.79 Å². The number of aromatic amines is 1. The number of aromatic carboxylic acids is 1.